The molecule has 0 spiro atoms. The molecule has 0 aromatic rings. The molecule has 1 rings (SSSR count). The van der Waals surface area contributed by atoms with Crippen molar-refractivity contribution in [1.29, 1.82) is 0 Å². The molecule has 10 heteroatoms. The first kappa shape index (κ1) is 53.6. The third-order valence-electron chi connectivity index (χ3n) is 9.46. The van der Waals surface area contributed by atoms with E-state index in [0.29, 0.717) is 12.8 Å². The van der Waals surface area contributed by atoms with Crippen LogP contribution in [0.2, 0.25) is 0 Å². The lowest BCUT2D eigenvalue weighted by Crippen LogP contribution is -2.59. The molecule has 6 unspecified atom stereocenters. The van der Waals surface area contributed by atoms with E-state index in [4.69, 9.17) is 18.9 Å². The van der Waals surface area contributed by atoms with Gasteiger partial charge in [0.15, 0.2) is 12.4 Å². The van der Waals surface area contributed by atoms with E-state index in [1.807, 2.05) is 0 Å². The average Bonchev–Trinajstić information content (AvgIpc) is 3.23. The molecule has 59 heavy (non-hydrogen) atoms. The fourth-order valence-corrected chi connectivity index (χ4v) is 5.99. The van der Waals surface area contributed by atoms with Gasteiger partial charge in [-0.3, -0.25) is 9.59 Å². The summed E-state index contributed by atoms with van der Waals surface area (Å²) in [6.45, 7) is 3.12. The van der Waals surface area contributed by atoms with Crippen molar-refractivity contribution >= 4 is 11.9 Å². The van der Waals surface area contributed by atoms with Crippen molar-refractivity contribution in [2.75, 3.05) is 19.8 Å². The van der Waals surface area contributed by atoms with E-state index in [9.17, 15) is 30.0 Å². The molecule has 1 aliphatic rings. The van der Waals surface area contributed by atoms with E-state index in [1.54, 1.807) is 0 Å². The van der Waals surface area contributed by atoms with Gasteiger partial charge in [0.05, 0.1) is 13.2 Å². The number of esters is 2. The highest BCUT2D eigenvalue weighted by molar-refractivity contribution is 5.70. The van der Waals surface area contributed by atoms with Crippen molar-refractivity contribution in [2.24, 2.45) is 0 Å². The van der Waals surface area contributed by atoms with Crippen LogP contribution in [0.25, 0.3) is 0 Å². The lowest BCUT2D eigenvalue weighted by molar-refractivity contribution is -0.305. The summed E-state index contributed by atoms with van der Waals surface area (Å²) in [5.41, 5.74) is 0. The van der Waals surface area contributed by atoms with Crippen LogP contribution < -0.4 is 0 Å². The standard InChI is InChI=1S/C49H78O10/c1-3-5-7-9-11-13-15-17-19-21-23-25-27-29-31-33-35-37-44(51)56-40-42(41-57-49-48(55)47(54)46(53)43(39-50)59-49)58-45(52)38-36-34-32-30-28-26-24-22-20-18-16-14-12-10-8-6-4-2/h5-8,11-14,17-20,23-26,42-43,46-50,53-55H,3-4,9-10,15-16,21-22,27-41H2,1-2H3/b7-5-,8-6-,13-11-,14-12-,19-17-,20-18-,25-23-,26-24-. The maximum absolute atomic E-state index is 12.8. The lowest BCUT2D eigenvalue weighted by Gasteiger charge is -2.39. The summed E-state index contributed by atoms with van der Waals surface area (Å²) < 4.78 is 22.1. The zero-order chi connectivity index (χ0) is 43.0. The normalized spacial score (nSPS) is 20.9. The van der Waals surface area contributed by atoms with E-state index < -0.39 is 55.4 Å². The van der Waals surface area contributed by atoms with Gasteiger partial charge in [0.1, 0.15) is 31.0 Å². The summed E-state index contributed by atoms with van der Waals surface area (Å²) in [5.74, 6) is -0.873. The molecule has 0 amide bonds. The van der Waals surface area contributed by atoms with Gasteiger partial charge in [-0.05, 0) is 89.9 Å². The molecule has 6 atom stereocenters. The van der Waals surface area contributed by atoms with E-state index in [1.165, 1.54) is 0 Å². The van der Waals surface area contributed by atoms with Gasteiger partial charge in [-0.15, -0.1) is 0 Å². The van der Waals surface area contributed by atoms with Crippen molar-refractivity contribution in [3.63, 3.8) is 0 Å². The van der Waals surface area contributed by atoms with Crippen LogP contribution in [0.5, 0.6) is 0 Å². The fourth-order valence-electron chi connectivity index (χ4n) is 5.99. The van der Waals surface area contributed by atoms with Gasteiger partial charge in [-0.25, -0.2) is 0 Å². The van der Waals surface area contributed by atoms with Crippen molar-refractivity contribution in [3.05, 3.63) is 97.2 Å². The van der Waals surface area contributed by atoms with Crippen LogP contribution in [0.4, 0.5) is 0 Å². The second-order valence-electron chi connectivity index (χ2n) is 14.7. The predicted octanol–water partition coefficient (Wildman–Crippen LogP) is 9.55. The van der Waals surface area contributed by atoms with Crippen LogP contribution in [0.3, 0.4) is 0 Å². The Balaban J connectivity index is 2.38. The maximum atomic E-state index is 12.8. The fraction of sp³-hybridized carbons (Fsp3) is 0.633. The minimum Gasteiger partial charge on any atom is -0.462 e. The molecular formula is C49H78O10. The number of hydrogen-bond acceptors (Lipinski definition) is 10. The number of allylic oxidation sites excluding steroid dienone is 16. The van der Waals surface area contributed by atoms with Crippen molar-refractivity contribution in [3.8, 4) is 0 Å². The summed E-state index contributed by atoms with van der Waals surface area (Å²) in [5, 5.41) is 40.1. The Bertz CT molecular complexity index is 1280. The third kappa shape index (κ3) is 30.3. The van der Waals surface area contributed by atoms with Crippen molar-refractivity contribution in [1.82, 2.24) is 0 Å². The van der Waals surface area contributed by atoms with Crippen LogP contribution in [-0.4, -0.2) is 89.0 Å². The van der Waals surface area contributed by atoms with Gasteiger partial charge >= 0.3 is 11.9 Å². The van der Waals surface area contributed by atoms with Gasteiger partial charge in [0.2, 0.25) is 0 Å². The molecule has 0 radical (unpaired) electrons. The Hall–Kier alpha value is -3.38. The van der Waals surface area contributed by atoms with E-state index in [0.717, 1.165) is 103 Å². The Morgan fingerprint density at radius 2 is 0.949 bits per heavy atom. The highest BCUT2D eigenvalue weighted by atomic mass is 16.7. The molecule has 1 fully saturated rings. The third-order valence-corrected chi connectivity index (χ3v) is 9.46. The Labute approximate surface area is 356 Å². The average molecular weight is 827 g/mol. The molecule has 0 aromatic heterocycles. The van der Waals surface area contributed by atoms with Gasteiger partial charge in [-0.2, -0.15) is 0 Å². The molecule has 1 saturated heterocycles. The van der Waals surface area contributed by atoms with Gasteiger partial charge in [-0.1, -0.05) is 137 Å². The number of unbranched alkanes of at least 4 members (excludes halogenated alkanes) is 8. The summed E-state index contributed by atoms with van der Waals surface area (Å²) >= 11 is 0. The zero-order valence-corrected chi connectivity index (χ0v) is 36.2. The van der Waals surface area contributed by atoms with Gasteiger partial charge in [0.25, 0.3) is 0 Å². The molecule has 4 N–H and O–H groups in total. The van der Waals surface area contributed by atoms with E-state index in [2.05, 4.69) is 111 Å². The number of carbonyl (C=O) groups is 2. The summed E-state index contributed by atoms with van der Waals surface area (Å²) in [4.78, 5) is 25.3. The summed E-state index contributed by atoms with van der Waals surface area (Å²) in [6.07, 6.45) is 44.1. The SMILES string of the molecule is CC/C=C\C/C=C\C/C=C\C/C=C\CCCCCCC(=O)OCC(COC1OC(CO)C(O)C(O)C1O)OC(=O)CCCCCC/C=C\C/C=C\C/C=C\C/C=C\CC. The number of ether oxygens (including phenoxy) is 4. The largest absolute Gasteiger partial charge is 0.462 e. The Morgan fingerprint density at radius 1 is 0.525 bits per heavy atom. The van der Waals surface area contributed by atoms with Gasteiger partial charge < -0.3 is 39.4 Å². The number of rotatable bonds is 35. The maximum Gasteiger partial charge on any atom is 0.306 e. The highest BCUT2D eigenvalue weighted by Crippen LogP contribution is 2.22. The second kappa shape index (κ2) is 38.8. The van der Waals surface area contributed by atoms with Crippen molar-refractivity contribution in [2.45, 2.75) is 179 Å². The zero-order valence-electron chi connectivity index (χ0n) is 36.2. The molecule has 10 nitrogen and oxygen atoms in total. The molecule has 0 saturated carbocycles. The molecule has 0 aliphatic carbocycles. The van der Waals surface area contributed by atoms with E-state index >= 15 is 0 Å². The number of carbonyl (C=O) groups excluding carboxylic acids is 2. The summed E-state index contributed by atoms with van der Waals surface area (Å²) in [7, 11) is 0. The predicted molar refractivity (Wildman–Crippen MR) is 237 cm³/mol. The monoisotopic (exact) mass is 827 g/mol. The van der Waals surface area contributed by atoms with Crippen LogP contribution in [0.1, 0.15) is 142 Å². The van der Waals surface area contributed by atoms with E-state index in [-0.39, 0.29) is 26.1 Å². The first-order chi connectivity index (χ1) is 28.8. The second-order valence-corrected chi connectivity index (χ2v) is 14.7. The van der Waals surface area contributed by atoms with Crippen LogP contribution in [-0.2, 0) is 28.5 Å². The molecule has 1 heterocycles. The molecule has 0 bridgehead atoms. The smallest absolute Gasteiger partial charge is 0.306 e. The number of hydrogen-bond donors (Lipinski definition) is 4. The lowest BCUT2D eigenvalue weighted by atomic mass is 9.99. The van der Waals surface area contributed by atoms with Gasteiger partial charge in [0, 0.05) is 12.8 Å². The molecule has 1 aliphatic heterocycles. The van der Waals surface area contributed by atoms with Crippen LogP contribution in [0.15, 0.2) is 97.2 Å². The Morgan fingerprint density at radius 3 is 1.41 bits per heavy atom. The first-order valence-electron chi connectivity index (χ1n) is 22.3. The van der Waals surface area contributed by atoms with Crippen LogP contribution in [0, 0.1) is 0 Å². The number of aliphatic hydroxyl groups is 4. The molecule has 334 valence electrons. The summed E-state index contributed by atoms with van der Waals surface area (Å²) in [6, 6.07) is 0. The topological polar surface area (TPSA) is 152 Å². The molecular weight excluding hydrogens is 749 g/mol. The molecule has 0 aromatic carbocycles. The highest BCUT2D eigenvalue weighted by Gasteiger charge is 2.44. The quantitative estimate of drug-likeness (QED) is 0.0276. The minimum absolute atomic E-state index is 0.190. The minimum atomic E-state index is -1.61. The number of aliphatic hydroxyl groups excluding tert-OH is 4. The Kier molecular flexibility index (Phi) is 35.3. The first-order valence-corrected chi connectivity index (χ1v) is 22.3. The van der Waals surface area contributed by atoms with Crippen LogP contribution >= 0.6 is 0 Å². The van der Waals surface area contributed by atoms with Crippen molar-refractivity contribution < 1.29 is 49.0 Å².